The average molecular weight is 295 g/mol. The number of hydrogen-bond donors (Lipinski definition) is 2. The zero-order valence-corrected chi connectivity index (χ0v) is 11.9. The Hall–Kier alpha value is -1.49. The van der Waals surface area contributed by atoms with E-state index < -0.39 is 12.0 Å². The maximum Gasteiger partial charge on any atom is 0.264 e. The standard InChI is InChI=1S/C16H19F2NO2/c1-16(21)6-10(7-16)9-2-3-12-13(15(17)18)4-11(20)5-14(12)19-8-9/h4-5,8-10,15,20-21H,2-3,6-7H2,1H3/t9?,10-,16+. The molecule has 3 nitrogen and oxygen atoms in total. The van der Waals surface area contributed by atoms with Crippen molar-refractivity contribution in [1.82, 2.24) is 0 Å². The lowest BCUT2D eigenvalue weighted by atomic mass is 9.65. The molecule has 0 amide bonds. The van der Waals surface area contributed by atoms with Gasteiger partial charge in [-0.25, -0.2) is 8.78 Å². The minimum Gasteiger partial charge on any atom is -0.508 e. The van der Waals surface area contributed by atoms with Gasteiger partial charge in [0.25, 0.3) is 6.43 Å². The van der Waals surface area contributed by atoms with Gasteiger partial charge in [0.05, 0.1) is 11.3 Å². The van der Waals surface area contributed by atoms with E-state index in [2.05, 4.69) is 4.99 Å². The first-order valence-electron chi connectivity index (χ1n) is 7.26. The Morgan fingerprint density at radius 3 is 2.67 bits per heavy atom. The van der Waals surface area contributed by atoms with Gasteiger partial charge in [0, 0.05) is 17.8 Å². The molecule has 1 saturated carbocycles. The minimum atomic E-state index is -2.61. The summed E-state index contributed by atoms with van der Waals surface area (Å²) in [5.41, 5.74) is 0.263. The molecule has 1 heterocycles. The Balaban J connectivity index is 1.84. The molecule has 21 heavy (non-hydrogen) atoms. The van der Waals surface area contributed by atoms with Crippen molar-refractivity contribution in [2.45, 2.75) is 44.6 Å². The average Bonchev–Trinajstić information content (AvgIpc) is 2.57. The molecule has 1 fully saturated rings. The molecule has 2 aliphatic rings. The van der Waals surface area contributed by atoms with Gasteiger partial charge in [0.2, 0.25) is 0 Å². The molecule has 1 aromatic carbocycles. The summed E-state index contributed by atoms with van der Waals surface area (Å²) in [7, 11) is 0. The lowest BCUT2D eigenvalue weighted by molar-refractivity contribution is -0.0675. The molecule has 5 heteroatoms. The van der Waals surface area contributed by atoms with Gasteiger partial charge in [-0.15, -0.1) is 0 Å². The lowest BCUT2D eigenvalue weighted by Crippen LogP contribution is -2.44. The fourth-order valence-electron chi connectivity index (χ4n) is 3.54. The van der Waals surface area contributed by atoms with Crippen LogP contribution in [0.15, 0.2) is 17.1 Å². The summed E-state index contributed by atoms with van der Waals surface area (Å²) in [5.74, 6) is 0.387. The molecule has 1 aliphatic carbocycles. The minimum absolute atomic E-state index is 0.122. The van der Waals surface area contributed by atoms with E-state index in [-0.39, 0.29) is 17.2 Å². The molecule has 114 valence electrons. The Kier molecular flexibility index (Phi) is 3.48. The van der Waals surface area contributed by atoms with Crippen LogP contribution >= 0.6 is 0 Å². The molecule has 0 aromatic heterocycles. The van der Waals surface area contributed by atoms with Gasteiger partial charge in [-0.1, -0.05) is 0 Å². The highest BCUT2D eigenvalue weighted by atomic mass is 19.3. The first kappa shape index (κ1) is 14.4. The van der Waals surface area contributed by atoms with Crippen LogP contribution in [0.4, 0.5) is 14.5 Å². The number of phenolic OH excluding ortho intramolecular Hbond substituents is 1. The fourth-order valence-corrected chi connectivity index (χ4v) is 3.54. The Morgan fingerprint density at radius 2 is 2.05 bits per heavy atom. The highest BCUT2D eigenvalue weighted by Gasteiger charge is 2.42. The summed E-state index contributed by atoms with van der Waals surface area (Å²) in [6.45, 7) is 1.82. The van der Waals surface area contributed by atoms with E-state index in [9.17, 15) is 19.0 Å². The summed E-state index contributed by atoms with van der Waals surface area (Å²) in [4.78, 5) is 4.32. The van der Waals surface area contributed by atoms with Crippen molar-refractivity contribution >= 4 is 11.9 Å². The van der Waals surface area contributed by atoms with E-state index >= 15 is 0 Å². The SMILES string of the molecule is C[C@]1(O)C[C@@H](C2C=Nc3cc(O)cc(C(F)F)c3CC2)C1. The van der Waals surface area contributed by atoms with E-state index in [0.29, 0.717) is 23.6 Å². The number of aromatic hydroxyl groups is 1. The van der Waals surface area contributed by atoms with Crippen molar-refractivity contribution in [1.29, 1.82) is 0 Å². The van der Waals surface area contributed by atoms with E-state index in [1.807, 2.05) is 6.92 Å². The Bertz CT molecular complexity index is 576. The van der Waals surface area contributed by atoms with Gasteiger partial charge in [-0.05, 0) is 56.1 Å². The van der Waals surface area contributed by atoms with Gasteiger partial charge >= 0.3 is 0 Å². The molecule has 1 aliphatic heterocycles. The molecular weight excluding hydrogens is 276 g/mol. The van der Waals surface area contributed by atoms with E-state index in [0.717, 1.165) is 25.3 Å². The van der Waals surface area contributed by atoms with Crippen molar-refractivity contribution in [2.24, 2.45) is 16.8 Å². The summed E-state index contributed by atoms with van der Waals surface area (Å²) >= 11 is 0. The molecular formula is C16H19F2NO2. The molecule has 0 radical (unpaired) electrons. The van der Waals surface area contributed by atoms with Crippen molar-refractivity contribution < 1.29 is 19.0 Å². The molecule has 1 aromatic rings. The summed E-state index contributed by atoms with van der Waals surface area (Å²) in [6, 6.07) is 2.57. The molecule has 2 N–H and O–H groups in total. The molecule has 1 atom stereocenters. The van der Waals surface area contributed by atoms with Gasteiger partial charge in [-0.3, -0.25) is 4.99 Å². The van der Waals surface area contributed by atoms with Crippen LogP contribution in [-0.2, 0) is 6.42 Å². The lowest BCUT2D eigenvalue weighted by Gasteiger charge is -2.44. The third-order valence-corrected chi connectivity index (χ3v) is 4.62. The van der Waals surface area contributed by atoms with Crippen LogP contribution in [-0.4, -0.2) is 22.0 Å². The van der Waals surface area contributed by atoms with Gasteiger partial charge < -0.3 is 10.2 Å². The molecule has 1 unspecified atom stereocenters. The predicted molar refractivity (Wildman–Crippen MR) is 76.4 cm³/mol. The van der Waals surface area contributed by atoms with Crippen LogP contribution < -0.4 is 0 Å². The van der Waals surface area contributed by atoms with Gasteiger partial charge in [0.15, 0.2) is 0 Å². The second kappa shape index (κ2) is 5.05. The maximum atomic E-state index is 13.1. The molecule has 0 spiro atoms. The zero-order chi connectivity index (χ0) is 15.2. The second-order valence-electron chi connectivity index (χ2n) is 6.48. The first-order valence-corrected chi connectivity index (χ1v) is 7.26. The van der Waals surface area contributed by atoms with Crippen LogP contribution in [0.5, 0.6) is 5.75 Å². The molecule has 3 rings (SSSR count). The highest BCUT2D eigenvalue weighted by Crippen LogP contribution is 2.45. The van der Waals surface area contributed by atoms with E-state index in [4.69, 9.17) is 0 Å². The van der Waals surface area contributed by atoms with Crippen LogP contribution in [0.2, 0.25) is 0 Å². The summed E-state index contributed by atoms with van der Waals surface area (Å²) < 4.78 is 26.2. The molecule has 0 saturated heterocycles. The first-order chi connectivity index (χ1) is 9.85. The summed E-state index contributed by atoms with van der Waals surface area (Å²) in [5, 5.41) is 19.4. The predicted octanol–water partition coefficient (Wildman–Crippen LogP) is 3.76. The fraction of sp³-hybridized carbons (Fsp3) is 0.562. The number of halogens is 2. The largest absolute Gasteiger partial charge is 0.508 e. The van der Waals surface area contributed by atoms with Crippen LogP contribution in [0.1, 0.15) is 43.7 Å². The molecule has 0 bridgehead atoms. The van der Waals surface area contributed by atoms with Gasteiger partial charge in [0.1, 0.15) is 5.75 Å². The van der Waals surface area contributed by atoms with Crippen LogP contribution in [0, 0.1) is 11.8 Å². The Morgan fingerprint density at radius 1 is 1.33 bits per heavy atom. The second-order valence-corrected chi connectivity index (χ2v) is 6.48. The highest BCUT2D eigenvalue weighted by molar-refractivity contribution is 5.71. The van der Waals surface area contributed by atoms with Crippen molar-refractivity contribution in [3.8, 4) is 5.75 Å². The smallest absolute Gasteiger partial charge is 0.264 e. The third-order valence-electron chi connectivity index (χ3n) is 4.62. The number of benzene rings is 1. The third kappa shape index (κ3) is 2.79. The van der Waals surface area contributed by atoms with Gasteiger partial charge in [-0.2, -0.15) is 0 Å². The zero-order valence-electron chi connectivity index (χ0n) is 11.9. The Labute approximate surface area is 122 Å². The number of aliphatic hydroxyl groups is 1. The summed E-state index contributed by atoms with van der Waals surface area (Å²) in [6.07, 6.45) is 1.93. The number of fused-ring (bicyclic) bond motifs is 1. The monoisotopic (exact) mass is 295 g/mol. The quantitative estimate of drug-likeness (QED) is 0.873. The van der Waals surface area contributed by atoms with E-state index in [1.165, 1.54) is 6.07 Å². The number of nitrogens with zero attached hydrogens (tertiary/aromatic N) is 1. The van der Waals surface area contributed by atoms with Crippen LogP contribution in [0.25, 0.3) is 0 Å². The van der Waals surface area contributed by atoms with Crippen LogP contribution in [0.3, 0.4) is 0 Å². The normalized spacial score (nSPS) is 31.7. The van der Waals surface area contributed by atoms with E-state index in [1.54, 1.807) is 6.21 Å². The number of hydrogen-bond acceptors (Lipinski definition) is 3. The van der Waals surface area contributed by atoms with Crippen molar-refractivity contribution in [2.75, 3.05) is 0 Å². The maximum absolute atomic E-state index is 13.1. The number of aliphatic imine (C=N–C) groups is 1. The topological polar surface area (TPSA) is 52.8 Å². The number of alkyl halides is 2. The van der Waals surface area contributed by atoms with Crippen molar-refractivity contribution in [3.63, 3.8) is 0 Å². The number of rotatable bonds is 2. The van der Waals surface area contributed by atoms with Crippen molar-refractivity contribution in [3.05, 3.63) is 23.3 Å². The number of phenols is 1.